The summed E-state index contributed by atoms with van der Waals surface area (Å²) in [6.07, 6.45) is 4.85. The maximum Gasteiger partial charge on any atom is 0.314 e. The number of piperidine rings is 1. The van der Waals surface area contributed by atoms with Crippen molar-refractivity contribution in [2.75, 3.05) is 19.7 Å². The lowest BCUT2D eigenvalue weighted by atomic mass is 9.75. The number of amides is 1. The van der Waals surface area contributed by atoms with Gasteiger partial charge in [0.2, 0.25) is 5.91 Å². The lowest BCUT2D eigenvalue weighted by Crippen LogP contribution is -2.51. The Morgan fingerprint density at radius 1 is 1.44 bits per heavy atom. The van der Waals surface area contributed by atoms with Crippen molar-refractivity contribution < 1.29 is 14.3 Å². The van der Waals surface area contributed by atoms with Crippen molar-refractivity contribution in [2.45, 2.75) is 39.0 Å². The van der Waals surface area contributed by atoms with Crippen molar-refractivity contribution in [3.8, 4) is 0 Å². The van der Waals surface area contributed by atoms with E-state index in [1.165, 1.54) is 0 Å². The first-order valence-electron chi connectivity index (χ1n) is 8.81. The molecule has 1 aliphatic heterocycles. The third-order valence-corrected chi connectivity index (χ3v) is 4.87. The molecule has 1 aliphatic rings. The van der Waals surface area contributed by atoms with E-state index in [1.807, 2.05) is 24.3 Å². The Morgan fingerprint density at radius 2 is 2.24 bits per heavy atom. The predicted molar refractivity (Wildman–Crippen MR) is 99.5 cm³/mol. The Balaban J connectivity index is 2.23. The quantitative estimate of drug-likeness (QED) is 0.543. The molecule has 0 radical (unpaired) electrons. The standard InChI is InChI=1S/C20H26ClNO3/c1-3-5-10-18(23)22-12-7-11-20(15-22,19(24)25-4-2)14-16-8-6-9-17(21)13-16/h3,6,8-9,13H,1,4-5,7,10-12,14-15H2,2H3/t20-/m1/s1. The highest BCUT2D eigenvalue weighted by atomic mass is 35.5. The fourth-order valence-corrected chi connectivity index (χ4v) is 3.65. The molecule has 5 heteroatoms. The largest absolute Gasteiger partial charge is 0.466 e. The maximum atomic E-state index is 12.8. The minimum absolute atomic E-state index is 0.0689. The second-order valence-electron chi connectivity index (χ2n) is 6.55. The molecule has 1 heterocycles. The average Bonchev–Trinajstić information content (AvgIpc) is 2.60. The number of carbonyl (C=O) groups excluding carboxylic acids is 2. The molecular formula is C20H26ClNO3. The zero-order valence-electron chi connectivity index (χ0n) is 14.8. The fraction of sp³-hybridized carbons (Fsp3) is 0.500. The number of nitrogens with zero attached hydrogens (tertiary/aromatic N) is 1. The third-order valence-electron chi connectivity index (χ3n) is 4.63. The molecule has 1 amide bonds. The van der Waals surface area contributed by atoms with Gasteiger partial charge >= 0.3 is 5.97 Å². The number of ether oxygens (including phenoxy) is 1. The van der Waals surface area contributed by atoms with Gasteiger partial charge in [-0.25, -0.2) is 0 Å². The van der Waals surface area contributed by atoms with E-state index < -0.39 is 5.41 Å². The molecule has 2 rings (SSSR count). The van der Waals surface area contributed by atoms with E-state index in [0.29, 0.717) is 50.4 Å². The normalized spacial score (nSPS) is 20.2. The molecule has 0 saturated carbocycles. The number of halogens is 1. The second kappa shape index (κ2) is 9.04. The van der Waals surface area contributed by atoms with Crippen molar-refractivity contribution in [1.29, 1.82) is 0 Å². The molecule has 0 unspecified atom stereocenters. The Morgan fingerprint density at radius 3 is 2.92 bits per heavy atom. The van der Waals surface area contributed by atoms with Gasteiger partial charge in [0, 0.05) is 24.5 Å². The summed E-state index contributed by atoms with van der Waals surface area (Å²) in [6, 6.07) is 7.53. The first kappa shape index (κ1) is 19.5. The number of benzene rings is 1. The Kier molecular flexibility index (Phi) is 7.06. The SMILES string of the molecule is C=CCCC(=O)N1CCC[C@](Cc2cccc(Cl)c2)(C(=O)OCC)C1. The number of carbonyl (C=O) groups is 2. The Labute approximate surface area is 154 Å². The van der Waals surface area contributed by atoms with Crippen LogP contribution in [0.5, 0.6) is 0 Å². The lowest BCUT2D eigenvalue weighted by molar-refractivity contribution is -0.160. The molecule has 0 spiro atoms. The monoisotopic (exact) mass is 363 g/mol. The molecule has 4 nitrogen and oxygen atoms in total. The highest BCUT2D eigenvalue weighted by Gasteiger charge is 2.44. The summed E-state index contributed by atoms with van der Waals surface area (Å²) < 4.78 is 5.37. The van der Waals surface area contributed by atoms with Gasteiger partial charge in [0.1, 0.15) is 0 Å². The summed E-state index contributed by atoms with van der Waals surface area (Å²) in [5.74, 6) is -0.157. The van der Waals surface area contributed by atoms with E-state index in [9.17, 15) is 9.59 Å². The zero-order valence-corrected chi connectivity index (χ0v) is 15.6. The van der Waals surface area contributed by atoms with Crippen LogP contribution in [0.25, 0.3) is 0 Å². The van der Waals surface area contributed by atoms with Crippen LogP contribution in [-0.2, 0) is 20.7 Å². The molecule has 0 aromatic heterocycles. The summed E-state index contributed by atoms with van der Waals surface area (Å²) in [4.78, 5) is 27.0. The summed E-state index contributed by atoms with van der Waals surface area (Å²) in [5, 5.41) is 0.645. The summed E-state index contributed by atoms with van der Waals surface area (Å²) in [6.45, 7) is 6.89. The molecule has 1 saturated heterocycles. The Bertz CT molecular complexity index is 631. The van der Waals surface area contributed by atoms with Crippen LogP contribution in [0.15, 0.2) is 36.9 Å². The minimum Gasteiger partial charge on any atom is -0.466 e. The molecule has 0 aliphatic carbocycles. The van der Waals surface area contributed by atoms with Gasteiger partial charge in [0.05, 0.1) is 12.0 Å². The Hall–Kier alpha value is -1.81. The maximum absolute atomic E-state index is 12.8. The number of hydrogen-bond donors (Lipinski definition) is 0. The van der Waals surface area contributed by atoms with Gasteiger partial charge in [-0.05, 0) is 50.3 Å². The first-order valence-corrected chi connectivity index (χ1v) is 9.19. The van der Waals surface area contributed by atoms with Crippen LogP contribution >= 0.6 is 11.6 Å². The topological polar surface area (TPSA) is 46.6 Å². The zero-order chi connectivity index (χ0) is 18.3. The van der Waals surface area contributed by atoms with Crippen molar-refractivity contribution in [3.63, 3.8) is 0 Å². The highest BCUT2D eigenvalue weighted by molar-refractivity contribution is 6.30. The van der Waals surface area contributed by atoms with Crippen molar-refractivity contribution in [1.82, 2.24) is 4.90 Å². The fourth-order valence-electron chi connectivity index (χ4n) is 3.43. The van der Waals surface area contributed by atoms with Crippen LogP contribution in [0.4, 0.5) is 0 Å². The van der Waals surface area contributed by atoms with Gasteiger partial charge in [-0.2, -0.15) is 0 Å². The van der Waals surface area contributed by atoms with Crippen LogP contribution in [0.3, 0.4) is 0 Å². The minimum atomic E-state index is -0.706. The van der Waals surface area contributed by atoms with Crippen LogP contribution in [-0.4, -0.2) is 36.5 Å². The van der Waals surface area contributed by atoms with Crippen LogP contribution < -0.4 is 0 Å². The van der Waals surface area contributed by atoms with Gasteiger partial charge in [-0.1, -0.05) is 29.8 Å². The molecular weight excluding hydrogens is 338 g/mol. The molecule has 0 bridgehead atoms. The summed E-state index contributed by atoms with van der Waals surface area (Å²) in [5.41, 5.74) is 0.281. The van der Waals surface area contributed by atoms with Crippen molar-refractivity contribution in [3.05, 3.63) is 47.5 Å². The molecule has 0 N–H and O–H groups in total. The number of allylic oxidation sites excluding steroid dienone is 1. The lowest BCUT2D eigenvalue weighted by Gasteiger charge is -2.41. The summed E-state index contributed by atoms with van der Waals surface area (Å²) in [7, 11) is 0. The second-order valence-corrected chi connectivity index (χ2v) is 6.99. The van der Waals surface area contributed by atoms with Crippen LogP contribution in [0, 0.1) is 5.41 Å². The van der Waals surface area contributed by atoms with Gasteiger partial charge in [-0.15, -0.1) is 6.58 Å². The van der Waals surface area contributed by atoms with Crippen LogP contribution in [0.2, 0.25) is 5.02 Å². The van der Waals surface area contributed by atoms with E-state index in [1.54, 1.807) is 17.9 Å². The number of rotatable bonds is 7. The molecule has 136 valence electrons. The van der Waals surface area contributed by atoms with Crippen molar-refractivity contribution >= 4 is 23.5 Å². The number of hydrogen-bond acceptors (Lipinski definition) is 3. The smallest absolute Gasteiger partial charge is 0.314 e. The highest BCUT2D eigenvalue weighted by Crippen LogP contribution is 2.36. The number of esters is 1. The first-order chi connectivity index (χ1) is 12.0. The van der Waals surface area contributed by atoms with E-state index in [2.05, 4.69) is 6.58 Å². The van der Waals surface area contributed by atoms with E-state index in [4.69, 9.17) is 16.3 Å². The average molecular weight is 364 g/mol. The van der Waals surface area contributed by atoms with Gasteiger partial charge in [0.25, 0.3) is 0 Å². The van der Waals surface area contributed by atoms with Crippen molar-refractivity contribution in [2.24, 2.45) is 5.41 Å². The van der Waals surface area contributed by atoms with Crippen LogP contribution in [0.1, 0.15) is 38.2 Å². The molecule has 25 heavy (non-hydrogen) atoms. The predicted octanol–water partition coefficient (Wildman–Crippen LogP) is 4.02. The van der Waals surface area contributed by atoms with Gasteiger partial charge in [-0.3, -0.25) is 9.59 Å². The van der Waals surface area contributed by atoms with E-state index in [0.717, 1.165) is 12.0 Å². The van der Waals surface area contributed by atoms with E-state index in [-0.39, 0.29) is 11.9 Å². The molecule has 1 aromatic rings. The van der Waals surface area contributed by atoms with Gasteiger partial charge in [0.15, 0.2) is 0 Å². The molecule has 1 atom stereocenters. The summed E-state index contributed by atoms with van der Waals surface area (Å²) >= 11 is 6.09. The number of likely N-dealkylation sites (tertiary alicyclic amines) is 1. The molecule has 1 fully saturated rings. The molecule has 1 aromatic carbocycles. The van der Waals surface area contributed by atoms with E-state index >= 15 is 0 Å². The van der Waals surface area contributed by atoms with Gasteiger partial charge < -0.3 is 9.64 Å². The third kappa shape index (κ3) is 5.08.